The summed E-state index contributed by atoms with van der Waals surface area (Å²) in [6.07, 6.45) is 0. The lowest BCUT2D eigenvalue weighted by Crippen LogP contribution is -2.51. The molecule has 0 radical (unpaired) electrons. The quantitative estimate of drug-likeness (QED) is 0.375. The van der Waals surface area contributed by atoms with Gasteiger partial charge in [-0.3, -0.25) is 24.1 Å². The molecule has 0 aliphatic carbocycles. The molecule has 9 nitrogen and oxygen atoms in total. The Morgan fingerprint density at radius 3 is 2.20 bits per heavy atom. The molecular weight excluding hydrogens is 504 g/mol. The van der Waals surface area contributed by atoms with Gasteiger partial charge in [0.2, 0.25) is 0 Å². The summed E-state index contributed by atoms with van der Waals surface area (Å²) in [7, 11) is 3.50. The molecule has 6 rings (SSSR count). The predicted molar refractivity (Wildman–Crippen MR) is 158 cm³/mol. The molecule has 2 aliphatic heterocycles. The van der Waals surface area contributed by atoms with Crippen LogP contribution in [0.2, 0.25) is 0 Å². The number of rotatable bonds is 6. The van der Waals surface area contributed by atoms with E-state index in [0.717, 1.165) is 54.6 Å². The monoisotopic (exact) mass is 536 g/mol. The maximum Gasteiger partial charge on any atom is 0.297 e. The Kier molecular flexibility index (Phi) is 6.73. The zero-order chi connectivity index (χ0) is 27.8. The van der Waals surface area contributed by atoms with Crippen LogP contribution in [0.3, 0.4) is 0 Å². The van der Waals surface area contributed by atoms with Crippen LogP contribution in [0.4, 0.5) is 17.1 Å². The first-order valence-electron chi connectivity index (χ1n) is 13.4. The Bertz CT molecular complexity index is 1630. The first-order valence-corrected chi connectivity index (χ1v) is 13.4. The van der Waals surface area contributed by atoms with Crippen molar-refractivity contribution in [1.82, 2.24) is 14.3 Å². The number of nitrogens with zero attached hydrogens (tertiary/aromatic N) is 6. The third-order valence-electron chi connectivity index (χ3n) is 7.80. The average molecular weight is 537 g/mol. The van der Waals surface area contributed by atoms with Gasteiger partial charge in [-0.15, -0.1) is 0 Å². The van der Waals surface area contributed by atoms with E-state index in [-0.39, 0.29) is 17.2 Å². The lowest BCUT2D eigenvalue weighted by Gasteiger charge is -2.37. The van der Waals surface area contributed by atoms with E-state index in [2.05, 4.69) is 21.9 Å². The maximum atomic E-state index is 13.8. The number of amides is 1. The summed E-state index contributed by atoms with van der Waals surface area (Å²) in [5.41, 5.74) is 4.50. The van der Waals surface area contributed by atoms with Crippen LogP contribution in [0.5, 0.6) is 5.75 Å². The van der Waals surface area contributed by atoms with Crippen molar-refractivity contribution >= 4 is 28.7 Å². The second-order valence-corrected chi connectivity index (χ2v) is 10.1. The van der Waals surface area contributed by atoms with Gasteiger partial charge in [0.05, 0.1) is 30.8 Å². The number of fused-ring (bicyclic) bond motifs is 1. The van der Waals surface area contributed by atoms with Crippen molar-refractivity contribution in [2.75, 3.05) is 49.8 Å². The highest BCUT2D eigenvalue weighted by Gasteiger charge is 2.36. The fourth-order valence-electron chi connectivity index (χ4n) is 5.45. The molecule has 2 aliphatic rings. The topological polar surface area (TPSA) is 75.3 Å². The number of aliphatic imine (C=N–C) groups is 1. The van der Waals surface area contributed by atoms with Crippen LogP contribution in [0.15, 0.2) is 88.6 Å². The van der Waals surface area contributed by atoms with Gasteiger partial charge in [-0.2, -0.15) is 0 Å². The highest BCUT2D eigenvalue weighted by Crippen LogP contribution is 2.31. The van der Waals surface area contributed by atoms with Crippen LogP contribution in [0.25, 0.3) is 5.69 Å². The predicted octanol–water partition coefficient (Wildman–Crippen LogP) is 3.74. The second kappa shape index (κ2) is 10.5. The third-order valence-corrected chi connectivity index (χ3v) is 7.80. The lowest BCUT2D eigenvalue weighted by atomic mass is 10.1. The standard InChI is InChI=1S/C31H32N6O3/c1-22-28(31(39)37(33(22)2)24-9-5-4-6-10-24)32-29-26-11-7-8-12-27(26)36(30(29)38)21-34-17-19-35(20-18-34)23-13-15-25(40-3)16-14-23/h4-16H,17-21H2,1-3H3. The Balaban J connectivity index is 1.24. The molecule has 1 saturated heterocycles. The SMILES string of the molecule is COc1ccc(N2CCN(CN3C(=O)C(=Nc4c(C)n(C)n(-c5ccccc5)c4=O)c4ccccc43)CC2)cc1. The van der Waals surface area contributed by atoms with E-state index in [9.17, 15) is 9.59 Å². The average Bonchev–Trinajstić information content (AvgIpc) is 3.38. The fraction of sp³-hybridized carbons (Fsp3) is 0.258. The van der Waals surface area contributed by atoms with Crippen LogP contribution in [0.1, 0.15) is 11.3 Å². The van der Waals surface area contributed by atoms with Gasteiger partial charge in [0.25, 0.3) is 11.5 Å². The number of benzene rings is 3. The van der Waals surface area contributed by atoms with E-state index in [4.69, 9.17) is 9.73 Å². The Labute approximate surface area is 233 Å². The number of para-hydroxylation sites is 2. The fourth-order valence-corrected chi connectivity index (χ4v) is 5.45. The summed E-state index contributed by atoms with van der Waals surface area (Å²) in [5, 5.41) is 0. The zero-order valence-electron chi connectivity index (χ0n) is 22.9. The van der Waals surface area contributed by atoms with Gasteiger partial charge in [-0.1, -0.05) is 36.4 Å². The van der Waals surface area contributed by atoms with Crippen LogP contribution in [-0.4, -0.2) is 65.8 Å². The maximum absolute atomic E-state index is 13.8. The van der Waals surface area contributed by atoms with E-state index >= 15 is 0 Å². The van der Waals surface area contributed by atoms with Gasteiger partial charge in [0.15, 0.2) is 5.69 Å². The number of anilines is 2. The molecule has 1 aromatic heterocycles. The molecule has 0 saturated carbocycles. The van der Waals surface area contributed by atoms with Crippen molar-refractivity contribution < 1.29 is 9.53 Å². The molecule has 3 aromatic carbocycles. The molecule has 0 atom stereocenters. The van der Waals surface area contributed by atoms with Crippen LogP contribution in [0, 0.1) is 6.92 Å². The van der Waals surface area contributed by atoms with Gasteiger partial charge in [-0.05, 0) is 49.4 Å². The van der Waals surface area contributed by atoms with Gasteiger partial charge in [0, 0.05) is 44.5 Å². The number of methoxy groups -OCH3 is 1. The number of ether oxygens (including phenoxy) is 1. The molecule has 4 aromatic rings. The molecule has 204 valence electrons. The summed E-state index contributed by atoms with van der Waals surface area (Å²) < 4.78 is 8.64. The number of carbonyl (C=O) groups is 1. The lowest BCUT2D eigenvalue weighted by molar-refractivity contribution is -0.112. The van der Waals surface area contributed by atoms with E-state index in [1.807, 2.05) is 80.7 Å². The van der Waals surface area contributed by atoms with Crippen LogP contribution in [-0.2, 0) is 11.8 Å². The number of hydrogen-bond donors (Lipinski definition) is 0. The van der Waals surface area contributed by atoms with Crippen molar-refractivity contribution in [1.29, 1.82) is 0 Å². The van der Waals surface area contributed by atoms with Crippen molar-refractivity contribution in [3.8, 4) is 11.4 Å². The molecule has 1 fully saturated rings. The minimum atomic E-state index is -0.253. The van der Waals surface area contributed by atoms with E-state index in [0.29, 0.717) is 18.1 Å². The third kappa shape index (κ3) is 4.48. The Morgan fingerprint density at radius 2 is 1.50 bits per heavy atom. The summed E-state index contributed by atoms with van der Waals surface area (Å²) in [5.74, 6) is 0.656. The van der Waals surface area contributed by atoms with E-state index < -0.39 is 0 Å². The molecule has 0 spiro atoms. The zero-order valence-corrected chi connectivity index (χ0v) is 22.9. The smallest absolute Gasteiger partial charge is 0.297 e. The number of carbonyl (C=O) groups excluding carboxylic acids is 1. The van der Waals surface area contributed by atoms with E-state index in [1.54, 1.807) is 21.4 Å². The van der Waals surface area contributed by atoms with Crippen molar-refractivity contribution in [2.24, 2.45) is 12.0 Å². The first kappa shape index (κ1) is 25.6. The van der Waals surface area contributed by atoms with E-state index in [1.165, 1.54) is 0 Å². The Morgan fingerprint density at radius 1 is 0.825 bits per heavy atom. The Hall–Kier alpha value is -4.63. The van der Waals surface area contributed by atoms with Gasteiger partial charge in [-0.25, -0.2) is 9.67 Å². The highest BCUT2D eigenvalue weighted by molar-refractivity contribution is 6.54. The molecule has 0 unspecified atom stereocenters. The molecule has 40 heavy (non-hydrogen) atoms. The molecule has 9 heteroatoms. The van der Waals surface area contributed by atoms with Crippen molar-refractivity contribution in [3.05, 3.63) is 100 Å². The minimum absolute atomic E-state index is 0.187. The molecule has 1 amide bonds. The largest absolute Gasteiger partial charge is 0.497 e. The van der Waals surface area contributed by atoms with Gasteiger partial charge < -0.3 is 9.64 Å². The summed E-state index contributed by atoms with van der Waals surface area (Å²) in [6, 6.07) is 25.2. The van der Waals surface area contributed by atoms with Crippen molar-refractivity contribution in [3.63, 3.8) is 0 Å². The number of hydrogen-bond acceptors (Lipinski definition) is 6. The minimum Gasteiger partial charge on any atom is -0.497 e. The molecular formula is C31H32N6O3. The summed E-state index contributed by atoms with van der Waals surface area (Å²) in [6.45, 7) is 5.69. The second-order valence-electron chi connectivity index (χ2n) is 10.1. The summed E-state index contributed by atoms with van der Waals surface area (Å²) in [4.78, 5) is 38.4. The van der Waals surface area contributed by atoms with Crippen molar-refractivity contribution in [2.45, 2.75) is 6.92 Å². The normalized spacial score (nSPS) is 16.6. The molecule has 3 heterocycles. The first-order chi connectivity index (χ1) is 19.5. The summed E-state index contributed by atoms with van der Waals surface area (Å²) >= 11 is 0. The number of aromatic nitrogens is 2. The van der Waals surface area contributed by atoms with Gasteiger partial charge >= 0.3 is 0 Å². The molecule has 0 N–H and O–H groups in total. The molecule has 0 bridgehead atoms. The van der Waals surface area contributed by atoms with Crippen LogP contribution < -0.4 is 20.1 Å². The highest BCUT2D eigenvalue weighted by atomic mass is 16.5. The number of piperazine rings is 1. The van der Waals surface area contributed by atoms with Gasteiger partial charge in [0.1, 0.15) is 11.5 Å². The van der Waals surface area contributed by atoms with Crippen LogP contribution >= 0.6 is 0 Å².